The highest BCUT2D eigenvalue weighted by atomic mass is 35.5. The second-order valence-electron chi connectivity index (χ2n) is 6.88. The molecule has 1 amide bonds. The van der Waals surface area contributed by atoms with E-state index < -0.39 is 0 Å². The summed E-state index contributed by atoms with van der Waals surface area (Å²) in [6.45, 7) is 5.73. The Morgan fingerprint density at radius 3 is 2.64 bits per heavy atom. The topological polar surface area (TPSA) is 46.3 Å². The van der Waals surface area contributed by atoms with Crippen molar-refractivity contribution < 1.29 is 4.79 Å². The zero-order chi connectivity index (χ0) is 15.3. The number of nitrogens with two attached hydrogens (primary N) is 1. The number of carbonyl (C=O) groups excluding carboxylic acids is 1. The molecular formula is C18H29ClN2O. The van der Waals surface area contributed by atoms with Crippen LogP contribution >= 0.6 is 12.4 Å². The van der Waals surface area contributed by atoms with Crippen LogP contribution in [0.3, 0.4) is 0 Å². The number of likely N-dealkylation sites (tertiary alicyclic amines) is 1. The molecule has 1 aliphatic heterocycles. The quantitative estimate of drug-likeness (QED) is 0.902. The van der Waals surface area contributed by atoms with Crippen molar-refractivity contribution in [3.8, 4) is 0 Å². The molecule has 1 saturated heterocycles. The number of rotatable bonds is 5. The fourth-order valence-electron chi connectivity index (χ4n) is 3.11. The molecule has 1 aromatic rings. The lowest BCUT2D eigenvalue weighted by Crippen LogP contribution is -2.50. The summed E-state index contributed by atoms with van der Waals surface area (Å²) in [6, 6.07) is 10.6. The van der Waals surface area contributed by atoms with Crippen LogP contribution < -0.4 is 5.73 Å². The Morgan fingerprint density at radius 1 is 1.32 bits per heavy atom. The van der Waals surface area contributed by atoms with E-state index in [1.807, 2.05) is 11.0 Å². The molecule has 4 heteroatoms. The highest BCUT2D eigenvalue weighted by molar-refractivity contribution is 5.85. The minimum absolute atomic E-state index is 0. The van der Waals surface area contributed by atoms with Gasteiger partial charge in [0.25, 0.3) is 0 Å². The van der Waals surface area contributed by atoms with Crippen LogP contribution in [0.25, 0.3) is 0 Å². The lowest BCUT2D eigenvalue weighted by molar-refractivity contribution is -0.142. The molecule has 1 fully saturated rings. The highest BCUT2D eigenvalue weighted by Crippen LogP contribution is 2.27. The van der Waals surface area contributed by atoms with Gasteiger partial charge in [0, 0.05) is 24.5 Å². The zero-order valence-electron chi connectivity index (χ0n) is 13.8. The van der Waals surface area contributed by atoms with Gasteiger partial charge in [-0.1, -0.05) is 44.2 Å². The Kier molecular flexibility index (Phi) is 7.37. The second-order valence-corrected chi connectivity index (χ2v) is 6.88. The third-order valence-corrected chi connectivity index (χ3v) is 4.43. The van der Waals surface area contributed by atoms with Gasteiger partial charge in [-0.3, -0.25) is 4.79 Å². The Bertz CT molecular complexity index is 461. The van der Waals surface area contributed by atoms with Crippen LogP contribution in [0.4, 0.5) is 0 Å². The van der Waals surface area contributed by atoms with E-state index in [4.69, 9.17) is 5.73 Å². The fourth-order valence-corrected chi connectivity index (χ4v) is 3.11. The van der Waals surface area contributed by atoms with E-state index >= 15 is 0 Å². The summed E-state index contributed by atoms with van der Waals surface area (Å²) in [5.41, 5.74) is 7.05. The molecule has 124 valence electrons. The first-order valence-corrected chi connectivity index (χ1v) is 8.08. The first-order chi connectivity index (χ1) is 9.99. The van der Waals surface area contributed by atoms with Crippen LogP contribution in [0.2, 0.25) is 0 Å². The molecular weight excluding hydrogens is 296 g/mol. The van der Waals surface area contributed by atoms with E-state index in [0.29, 0.717) is 0 Å². The Labute approximate surface area is 140 Å². The molecule has 2 N–H and O–H groups in total. The number of carbonyl (C=O) groups is 1. The van der Waals surface area contributed by atoms with Crippen molar-refractivity contribution in [3.05, 3.63) is 35.9 Å². The number of halogens is 1. The molecule has 3 nitrogen and oxygen atoms in total. The molecule has 0 spiro atoms. The van der Waals surface area contributed by atoms with Gasteiger partial charge in [0.05, 0.1) is 0 Å². The van der Waals surface area contributed by atoms with Crippen LogP contribution in [-0.2, 0) is 11.2 Å². The third kappa shape index (κ3) is 5.29. The van der Waals surface area contributed by atoms with Gasteiger partial charge in [0.2, 0.25) is 5.91 Å². The maximum atomic E-state index is 12.7. The summed E-state index contributed by atoms with van der Waals surface area (Å²) < 4.78 is 0. The molecule has 0 aromatic heterocycles. The van der Waals surface area contributed by atoms with Crippen LogP contribution in [0.5, 0.6) is 0 Å². The molecule has 22 heavy (non-hydrogen) atoms. The summed E-state index contributed by atoms with van der Waals surface area (Å²) in [5.74, 6) is 0.269. The number of nitrogens with zero attached hydrogens (tertiary/aromatic N) is 1. The monoisotopic (exact) mass is 324 g/mol. The summed E-state index contributed by atoms with van der Waals surface area (Å²) in [7, 11) is 0. The first kappa shape index (κ1) is 19.0. The number of piperidine rings is 1. The smallest absolute Gasteiger partial charge is 0.228 e. The largest absolute Gasteiger partial charge is 0.341 e. The molecule has 1 atom stereocenters. The predicted molar refractivity (Wildman–Crippen MR) is 94.2 cm³/mol. The van der Waals surface area contributed by atoms with Gasteiger partial charge < -0.3 is 10.6 Å². The lowest BCUT2D eigenvalue weighted by atomic mass is 9.84. The van der Waals surface area contributed by atoms with Crippen molar-refractivity contribution in [2.75, 3.05) is 13.1 Å². The standard InChI is InChI=1S/C18H28N2O.ClH/c1-18(2,12-6-10-15-8-4-3-5-9-15)17(21)20-13-7-11-16(19)14-20;/h3-5,8-9,16H,6-7,10-14,19H2,1-2H3;1H. The van der Waals surface area contributed by atoms with Gasteiger partial charge in [-0.25, -0.2) is 0 Å². The first-order valence-electron chi connectivity index (χ1n) is 8.08. The molecule has 1 heterocycles. The summed E-state index contributed by atoms with van der Waals surface area (Å²) in [4.78, 5) is 14.6. The van der Waals surface area contributed by atoms with E-state index in [9.17, 15) is 4.79 Å². The average molecular weight is 325 g/mol. The van der Waals surface area contributed by atoms with Gasteiger partial charge in [-0.2, -0.15) is 0 Å². The molecule has 1 aromatic carbocycles. The fraction of sp³-hybridized carbons (Fsp3) is 0.611. The molecule has 0 saturated carbocycles. The predicted octanol–water partition coefficient (Wildman–Crippen LogP) is 3.41. The lowest BCUT2D eigenvalue weighted by Gasteiger charge is -2.36. The summed E-state index contributed by atoms with van der Waals surface area (Å²) >= 11 is 0. The number of hydrogen-bond acceptors (Lipinski definition) is 2. The van der Waals surface area contributed by atoms with Crippen molar-refractivity contribution in [2.45, 2.75) is 52.0 Å². The van der Waals surface area contributed by atoms with Crippen molar-refractivity contribution in [2.24, 2.45) is 11.1 Å². The third-order valence-electron chi connectivity index (χ3n) is 4.43. The molecule has 0 bridgehead atoms. The molecule has 0 aliphatic carbocycles. The molecule has 1 unspecified atom stereocenters. The Morgan fingerprint density at radius 2 is 2.00 bits per heavy atom. The minimum Gasteiger partial charge on any atom is -0.341 e. The highest BCUT2D eigenvalue weighted by Gasteiger charge is 2.33. The minimum atomic E-state index is -0.286. The number of hydrogen-bond donors (Lipinski definition) is 1. The number of aryl methyl sites for hydroxylation is 1. The molecule has 1 aliphatic rings. The van der Waals surface area contributed by atoms with Crippen molar-refractivity contribution in [3.63, 3.8) is 0 Å². The van der Waals surface area contributed by atoms with E-state index in [2.05, 4.69) is 38.1 Å². The Balaban J connectivity index is 0.00000242. The maximum absolute atomic E-state index is 12.7. The second kappa shape index (κ2) is 8.54. The van der Waals surface area contributed by atoms with E-state index in [1.165, 1.54) is 5.56 Å². The van der Waals surface area contributed by atoms with Crippen molar-refractivity contribution in [1.82, 2.24) is 4.90 Å². The maximum Gasteiger partial charge on any atom is 0.228 e. The van der Waals surface area contributed by atoms with Crippen LogP contribution in [0.15, 0.2) is 30.3 Å². The SMILES string of the molecule is CC(C)(CCCc1ccccc1)C(=O)N1CCCC(N)C1.Cl. The van der Waals surface area contributed by atoms with Crippen LogP contribution in [-0.4, -0.2) is 29.9 Å². The van der Waals surface area contributed by atoms with Gasteiger partial charge >= 0.3 is 0 Å². The van der Waals surface area contributed by atoms with E-state index in [-0.39, 0.29) is 29.8 Å². The van der Waals surface area contributed by atoms with Crippen molar-refractivity contribution >= 4 is 18.3 Å². The van der Waals surface area contributed by atoms with Crippen molar-refractivity contribution in [1.29, 1.82) is 0 Å². The van der Waals surface area contributed by atoms with Crippen LogP contribution in [0, 0.1) is 5.41 Å². The molecule has 2 rings (SSSR count). The zero-order valence-corrected chi connectivity index (χ0v) is 14.6. The Hall–Kier alpha value is -1.06. The average Bonchev–Trinajstić information content (AvgIpc) is 2.47. The summed E-state index contributed by atoms with van der Waals surface area (Å²) in [6.07, 6.45) is 5.08. The van der Waals surface area contributed by atoms with E-state index in [0.717, 1.165) is 45.2 Å². The number of benzene rings is 1. The van der Waals surface area contributed by atoms with E-state index in [1.54, 1.807) is 0 Å². The van der Waals surface area contributed by atoms with Gasteiger partial charge in [-0.15, -0.1) is 12.4 Å². The van der Waals surface area contributed by atoms with Crippen LogP contribution in [0.1, 0.15) is 45.1 Å². The van der Waals surface area contributed by atoms with Gasteiger partial charge in [0.1, 0.15) is 0 Å². The van der Waals surface area contributed by atoms with Gasteiger partial charge in [0.15, 0.2) is 0 Å². The molecule has 0 radical (unpaired) electrons. The normalized spacial score (nSPS) is 18.7. The summed E-state index contributed by atoms with van der Waals surface area (Å²) in [5, 5.41) is 0. The number of amides is 1. The van der Waals surface area contributed by atoms with Gasteiger partial charge in [-0.05, 0) is 37.7 Å².